The summed E-state index contributed by atoms with van der Waals surface area (Å²) in [6.45, 7) is 0. The predicted molar refractivity (Wildman–Crippen MR) is 58.8 cm³/mol. The Morgan fingerprint density at radius 1 is 1.56 bits per heavy atom. The van der Waals surface area contributed by atoms with Crippen molar-refractivity contribution in [3.8, 4) is 0 Å². The molecule has 0 fully saturated rings. The third kappa shape index (κ3) is 3.31. The van der Waals surface area contributed by atoms with E-state index in [1.807, 2.05) is 0 Å². The standard InChI is InChI=1S/C9H9FN2O5S/c10-8-3-5(12(14)15)1-2-6(8)7(9(11)13)4-18(16)17/h1-3,7H,4H2,(H2,11,13)(H,16,17)/p-1. The molecule has 0 radical (unpaired) electrons. The van der Waals surface area contributed by atoms with Gasteiger partial charge in [-0.15, -0.1) is 0 Å². The smallest absolute Gasteiger partial charge is 0.272 e. The number of carbonyl (C=O) groups is 1. The van der Waals surface area contributed by atoms with Crippen LogP contribution in [0.15, 0.2) is 18.2 Å². The summed E-state index contributed by atoms with van der Waals surface area (Å²) < 4.78 is 34.6. The minimum Gasteiger partial charge on any atom is -0.772 e. The van der Waals surface area contributed by atoms with Gasteiger partial charge >= 0.3 is 0 Å². The summed E-state index contributed by atoms with van der Waals surface area (Å²) in [5.74, 6) is -4.11. The van der Waals surface area contributed by atoms with Crippen molar-refractivity contribution in [1.29, 1.82) is 0 Å². The molecule has 0 saturated carbocycles. The summed E-state index contributed by atoms with van der Waals surface area (Å²) in [7, 11) is 0. The van der Waals surface area contributed by atoms with Crippen LogP contribution in [0.4, 0.5) is 10.1 Å². The number of amides is 1. The second-order valence-electron chi connectivity index (χ2n) is 3.39. The van der Waals surface area contributed by atoms with E-state index in [0.29, 0.717) is 6.07 Å². The topological polar surface area (TPSA) is 126 Å². The molecule has 0 aliphatic rings. The van der Waals surface area contributed by atoms with Crippen LogP contribution >= 0.6 is 0 Å². The number of benzene rings is 1. The molecule has 0 aromatic heterocycles. The molecule has 7 nitrogen and oxygen atoms in total. The lowest BCUT2D eigenvalue weighted by Gasteiger charge is -2.15. The van der Waals surface area contributed by atoms with Gasteiger partial charge in [-0.05, 0) is 6.07 Å². The lowest BCUT2D eigenvalue weighted by molar-refractivity contribution is -0.385. The molecule has 0 saturated heterocycles. The second-order valence-corrected chi connectivity index (χ2v) is 4.33. The van der Waals surface area contributed by atoms with Crippen molar-refractivity contribution >= 4 is 22.7 Å². The highest BCUT2D eigenvalue weighted by Crippen LogP contribution is 2.24. The first-order chi connectivity index (χ1) is 8.32. The molecule has 0 aliphatic carbocycles. The fourth-order valence-corrected chi connectivity index (χ4v) is 1.99. The van der Waals surface area contributed by atoms with Gasteiger partial charge in [-0.3, -0.25) is 19.1 Å². The minimum absolute atomic E-state index is 0.280. The molecule has 0 aliphatic heterocycles. The van der Waals surface area contributed by atoms with E-state index in [1.54, 1.807) is 0 Å². The molecule has 2 N–H and O–H groups in total. The predicted octanol–water partition coefficient (Wildman–Crippen LogP) is 0.182. The van der Waals surface area contributed by atoms with Gasteiger partial charge in [0, 0.05) is 17.4 Å². The number of nitrogens with zero attached hydrogens (tertiary/aromatic N) is 1. The van der Waals surface area contributed by atoms with Crippen LogP contribution in [0.5, 0.6) is 0 Å². The monoisotopic (exact) mass is 275 g/mol. The van der Waals surface area contributed by atoms with Crippen LogP contribution < -0.4 is 5.73 Å². The van der Waals surface area contributed by atoms with E-state index in [-0.39, 0.29) is 5.56 Å². The van der Waals surface area contributed by atoms with Gasteiger partial charge in [-0.25, -0.2) is 4.39 Å². The Bertz CT molecular complexity index is 522. The SMILES string of the molecule is NC(=O)C(CS(=O)[O-])c1ccc([N+](=O)[O-])cc1F. The number of rotatable bonds is 5. The average molecular weight is 275 g/mol. The highest BCUT2D eigenvalue weighted by Gasteiger charge is 2.23. The van der Waals surface area contributed by atoms with Crippen molar-refractivity contribution in [2.45, 2.75) is 5.92 Å². The van der Waals surface area contributed by atoms with Crippen molar-refractivity contribution in [2.75, 3.05) is 5.75 Å². The molecule has 98 valence electrons. The largest absolute Gasteiger partial charge is 0.772 e. The number of primary amides is 1. The number of nitro groups is 1. The molecular weight excluding hydrogens is 267 g/mol. The molecule has 1 aromatic carbocycles. The molecule has 9 heteroatoms. The molecule has 0 heterocycles. The Labute approximate surface area is 103 Å². The quantitative estimate of drug-likeness (QED) is 0.466. The van der Waals surface area contributed by atoms with Crippen molar-refractivity contribution in [3.63, 3.8) is 0 Å². The van der Waals surface area contributed by atoms with Gasteiger partial charge in [-0.2, -0.15) is 0 Å². The molecule has 1 rings (SSSR count). The molecular formula is C9H8FN2O5S-. The Morgan fingerprint density at radius 2 is 2.17 bits per heavy atom. The van der Waals surface area contributed by atoms with E-state index in [0.717, 1.165) is 12.1 Å². The van der Waals surface area contributed by atoms with Gasteiger partial charge in [-0.1, -0.05) is 11.1 Å². The number of hydrogen-bond acceptors (Lipinski definition) is 5. The molecule has 2 unspecified atom stereocenters. The maximum Gasteiger partial charge on any atom is 0.272 e. The summed E-state index contributed by atoms with van der Waals surface area (Å²) >= 11 is -2.59. The van der Waals surface area contributed by atoms with Gasteiger partial charge in [0.1, 0.15) is 5.82 Å². The first kappa shape index (κ1) is 14.2. The molecule has 18 heavy (non-hydrogen) atoms. The zero-order valence-electron chi connectivity index (χ0n) is 8.87. The van der Waals surface area contributed by atoms with E-state index in [9.17, 15) is 28.1 Å². The summed E-state index contributed by atoms with van der Waals surface area (Å²) in [6, 6.07) is 2.57. The Balaban J connectivity index is 3.17. The molecule has 0 bridgehead atoms. The van der Waals surface area contributed by atoms with Crippen molar-refractivity contribution in [3.05, 3.63) is 39.7 Å². The second kappa shape index (κ2) is 5.65. The zero-order chi connectivity index (χ0) is 13.9. The molecule has 1 amide bonds. The lowest BCUT2D eigenvalue weighted by atomic mass is 9.99. The van der Waals surface area contributed by atoms with E-state index in [1.165, 1.54) is 0 Å². The van der Waals surface area contributed by atoms with Crippen LogP contribution in [0.1, 0.15) is 11.5 Å². The van der Waals surface area contributed by atoms with Crippen molar-refractivity contribution in [1.82, 2.24) is 0 Å². The molecule has 1 aromatic rings. The number of carbonyl (C=O) groups excluding carboxylic acids is 1. The summed E-state index contributed by atoms with van der Waals surface area (Å²) in [5, 5.41) is 10.4. The van der Waals surface area contributed by atoms with E-state index in [4.69, 9.17) is 5.73 Å². The fourth-order valence-electron chi connectivity index (χ4n) is 1.37. The van der Waals surface area contributed by atoms with Crippen LogP contribution in [0.25, 0.3) is 0 Å². The number of hydrogen-bond donors (Lipinski definition) is 1. The van der Waals surface area contributed by atoms with Gasteiger partial charge in [0.15, 0.2) is 0 Å². The number of non-ortho nitro benzene ring substituents is 1. The first-order valence-corrected chi connectivity index (χ1v) is 5.86. The summed E-state index contributed by atoms with van der Waals surface area (Å²) in [5.41, 5.74) is 4.19. The summed E-state index contributed by atoms with van der Waals surface area (Å²) in [6.07, 6.45) is 0. The zero-order valence-corrected chi connectivity index (χ0v) is 9.69. The fraction of sp³-hybridized carbons (Fsp3) is 0.222. The highest BCUT2D eigenvalue weighted by atomic mass is 32.2. The van der Waals surface area contributed by atoms with Gasteiger partial charge in [0.2, 0.25) is 5.91 Å². The van der Waals surface area contributed by atoms with Crippen molar-refractivity contribution < 1.29 is 22.9 Å². The average Bonchev–Trinajstić information content (AvgIpc) is 2.25. The normalized spacial score (nSPS) is 13.9. The van der Waals surface area contributed by atoms with E-state index < -0.39 is 45.1 Å². The van der Waals surface area contributed by atoms with Gasteiger partial charge in [0.25, 0.3) is 5.69 Å². The number of halogens is 1. The maximum absolute atomic E-state index is 13.6. The van der Waals surface area contributed by atoms with Crippen LogP contribution in [0, 0.1) is 15.9 Å². The first-order valence-electron chi connectivity index (χ1n) is 4.62. The van der Waals surface area contributed by atoms with E-state index >= 15 is 0 Å². The van der Waals surface area contributed by atoms with Crippen LogP contribution in [-0.4, -0.2) is 25.3 Å². The number of nitrogens with two attached hydrogens (primary N) is 1. The Kier molecular flexibility index (Phi) is 4.45. The lowest BCUT2D eigenvalue weighted by Crippen LogP contribution is -2.26. The van der Waals surface area contributed by atoms with Crippen LogP contribution in [0.2, 0.25) is 0 Å². The van der Waals surface area contributed by atoms with E-state index in [2.05, 4.69) is 0 Å². The number of nitro benzene ring substituents is 1. The highest BCUT2D eigenvalue weighted by molar-refractivity contribution is 7.79. The van der Waals surface area contributed by atoms with Crippen molar-refractivity contribution in [2.24, 2.45) is 5.73 Å². The third-order valence-electron chi connectivity index (χ3n) is 2.22. The molecule has 0 spiro atoms. The third-order valence-corrected chi connectivity index (χ3v) is 2.82. The Morgan fingerprint density at radius 3 is 2.56 bits per heavy atom. The van der Waals surface area contributed by atoms with Gasteiger partial charge in [0.05, 0.1) is 16.9 Å². The minimum atomic E-state index is -2.59. The Hall–Kier alpha value is -1.87. The summed E-state index contributed by atoms with van der Waals surface area (Å²) in [4.78, 5) is 20.6. The molecule has 2 atom stereocenters. The maximum atomic E-state index is 13.6. The van der Waals surface area contributed by atoms with Crippen LogP contribution in [-0.2, 0) is 15.9 Å². The van der Waals surface area contributed by atoms with Gasteiger partial charge < -0.3 is 10.3 Å². The van der Waals surface area contributed by atoms with Crippen LogP contribution in [0.3, 0.4) is 0 Å².